The lowest BCUT2D eigenvalue weighted by molar-refractivity contribution is -0.139. The van der Waals surface area contributed by atoms with Crippen molar-refractivity contribution in [3.05, 3.63) is 23.8 Å². The third-order valence-corrected chi connectivity index (χ3v) is 2.92. The number of carboxylic acids is 1. The van der Waals surface area contributed by atoms with Gasteiger partial charge in [-0.3, -0.25) is 9.69 Å². The van der Waals surface area contributed by atoms with Crippen LogP contribution in [0.15, 0.2) is 18.2 Å². The van der Waals surface area contributed by atoms with Crippen LogP contribution in [-0.2, 0) is 11.3 Å². The number of carbonyl (C=O) groups is 1. The zero-order valence-corrected chi connectivity index (χ0v) is 11.8. The van der Waals surface area contributed by atoms with Crippen molar-refractivity contribution in [1.82, 2.24) is 4.90 Å². The number of hydrogen-bond acceptors (Lipinski definition) is 4. The number of rotatable bonds is 5. The van der Waals surface area contributed by atoms with Crippen molar-refractivity contribution < 1.29 is 19.7 Å². The fraction of sp³-hybridized carbons (Fsp3) is 0.500. The lowest BCUT2D eigenvalue weighted by atomic mass is 10.0. The molecule has 0 aliphatic carbocycles. The van der Waals surface area contributed by atoms with Gasteiger partial charge in [-0.15, -0.1) is 0 Å². The number of aliphatic carboxylic acids is 1. The van der Waals surface area contributed by atoms with Gasteiger partial charge >= 0.3 is 5.97 Å². The summed E-state index contributed by atoms with van der Waals surface area (Å²) in [5, 5.41) is 18.8. The first kappa shape index (κ1) is 15.3. The first-order chi connectivity index (χ1) is 8.74. The number of phenols is 1. The molecular weight excluding hydrogens is 246 g/mol. The summed E-state index contributed by atoms with van der Waals surface area (Å²) in [6, 6.07) is 4.93. The van der Waals surface area contributed by atoms with Crippen LogP contribution in [0.1, 0.15) is 26.3 Å². The summed E-state index contributed by atoms with van der Waals surface area (Å²) in [7, 11) is 1.55. The summed E-state index contributed by atoms with van der Waals surface area (Å²) in [4.78, 5) is 12.7. The first-order valence-electron chi connectivity index (χ1n) is 6.06. The highest BCUT2D eigenvalue weighted by atomic mass is 16.5. The molecule has 5 heteroatoms. The summed E-state index contributed by atoms with van der Waals surface area (Å²) >= 11 is 0. The molecule has 1 aromatic carbocycles. The highest BCUT2D eigenvalue weighted by molar-refractivity contribution is 5.69. The van der Waals surface area contributed by atoms with Gasteiger partial charge in [0.05, 0.1) is 13.7 Å². The molecule has 106 valence electrons. The van der Waals surface area contributed by atoms with Crippen molar-refractivity contribution in [2.75, 3.05) is 13.7 Å². The minimum absolute atomic E-state index is 0.0832. The Labute approximate surface area is 113 Å². The van der Waals surface area contributed by atoms with E-state index in [1.807, 2.05) is 20.8 Å². The normalized spacial score (nSPS) is 11.6. The molecule has 0 unspecified atom stereocenters. The largest absolute Gasteiger partial charge is 0.508 e. The van der Waals surface area contributed by atoms with Gasteiger partial charge in [-0.25, -0.2) is 0 Å². The Kier molecular flexibility index (Phi) is 4.78. The van der Waals surface area contributed by atoms with E-state index in [2.05, 4.69) is 0 Å². The minimum atomic E-state index is -0.891. The maximum Gasteiger partial charge on any atom is 0.317 e. The van der Waals surface area contributed by atoms with Crippen molar-refractivity contribution in [3.8, 4) is 11.5 Å². The molecule has 0 radical (unpaired) electrons. The van der Waals surface area contributed by atoms with Gasteiger partial charge in [-0.05, 0) is 39.0 Å². The predicted octanol–water partition coefficient (Wildman–Crippen LogP) is 2.09. The lowest BCUT2D eigenvalue weighted by Crippen LogP contribution is -2.43. The van der Waals surface area contributed by atoms with Crippen LogP contribution in [-0.4, -0.2) is 40.3 Å². The highest BCUT2D eigenvalue weighted by Gasteiger charge is 2.24. The second-order valence-corrected chi connectivity index (χ2v) is 5.42. The highest BCUT2D eigenvalue weighted by Crippen LogP contribution is 2.26. The predicted molar refractivity (Wildman–Crippen MR) is 72.5 cm³/mol. The molecular formula is C14H21NO4. The Hall–Kier alpha value is -1.75. The van der Waals surface area contributed by atoms with Gasteiger partial charge in [-0.1, -0.05) is 0 Å². The molecule has 1 aromatic rings. The van der Waals surface area contributed by atoms with E-state index in [4.69, 9.17) is 9.84 Å². The second-order valence-electron chi connectivity index (χ2n) is 5.42. The zero-order valence-electron chi connectivity index (χ0n) is 11.8. The Bertz CT molecular complexity index is 451. The van der Waals surface area contributed by atoms with Crippen molar-refractivity contribution in [2.24, 2.45) is 0 Å². The maximum atomic E-state index is 10.9. The van der Waals surface area contributed by atoms with Gasteiger partial charge in [0.15, 0.2) is 0 Å². The summed E-state index contributed by atoms with van der Waals surface area (Å²) in [6.45, 7) is 6.08. The van der Waals surface area contributed by atoms with Crippen LogP contribution in [0.25, 0.3) is 0 Å². The van der Waals surface area contributed by atoms with E-state index < -0.39 is 5.97 Å². The van der Waals surface area contributed by atoms with Crippen LogP contribution in [0, 0.1) is 0 Å². The molecule has 0 saturated heterocycles. The molecule has 19 heavy (non-hydrogen) atoms. The molecule has 0 aliphatic heterocycles. The Morgan fingerprint density at radius 2 is 2.00 bits per heavy atom. The van der Waals surface area contributed by atoms with E-state index in [0.717, 1.165) is 0 Å². The zero-order chi connectivity index (χ0) is 14.6. The van der Waals surface area contributed by atoms with Crippen molar-refractivity contribution >= 4 is 5.97 Å². The molecule has 0 amide bonds. The van der Waals surface area contributed by atoms with Gasteiger partial charge in [-0.2, -0.15) is 0 Å². The van der Waals surface area contributed by atoms with Gasteiger partial charge < -0.3 is 14.9 Å². The van der Waals surface area contributed by atoms with Gasteiger partial charge in [0.1, 0.15) is 11.5 Å². The fourth-order valence-electron chi connectivity index (χ4n) is 1.71. The van der Waals surface area contributed by atoms with Crippen LogP contribution in [0.5, 0.6) is 11.5 Å². The Morgan fingerprint density at radius 1 is 1.37 bits per heavy atom. The van der Waals surface area contributed by atoms with Crippen LogP contribution < -0.4 is 4.74 Å². The van der Waals surface area contributed by atoms with Gasteiger partial charge in [0.2, 0.25) is 0 Å². The Morgan fingerprint density at radius 3 is 2.47 bits per heavy atom. The van der Waals surface area contributed by atoms with E-state index in [9.17, 15) is 9.90 Å². The topological polar surface area (TPSA) is 70.0 Å². The molecule has 0 saturated carbocycles. The number of aromatic hydroxyl groups is 1. The molecule has 0 atom stereocenters. The third-order valence-electron chi connectivity index (χ3n) is 2.92. The van der Waals surface area contributed by atoms with E-state index >= 15 is 0 Å². The first-order valence-corrected chi connectivity index (χ1v) is 6.06. The monoisotopic (exact) mass is 267 g/mol. The smallest absolute Gasteiger partial charge is 0.317 e. The summed E-state index contributed by atoms with van der Waals surface area (Å²) in [6.07, 6.45) is 0. The second kappa shape index (κ2) is 5.93. The van der Waals surface area contributed by atoms with Crippen LogP contribution in [0.4, 0.5) is 0 Å². The van der Waals surface area contributed by atoms with Gasteiger partial charge in [0.25, 0.3) is 0 Å². The fourth-order valence-corrected chi connectivity index (χ4v) is 1.71. The molecule has 0 bridgehead atoms. The van der Waals surface area contributed by atoms with Crippen LogP contribution in [0.2, 0.25) is 0 Å². The molecule has 2 N–H and O–H groups in total. The number of nitrogens with zero attached hydrogens (tertiary/aromatic N) is 1. The Balaban J connectivity index is 2.98. The lowest BCUT2D eigenvalue weighted by Gasteiger charge is -2.34. The molecule has 0 aliphatic rings. The number of benzene rings is 1. The van der Waals surface area contributed by atoms with Crippen molar-refractivity contribution in [3.63, 3.8) is 0 Å². The number of phenolic OH excluding ortho intramolecular Hbond substituents is 1. The quantitative estimate of drug-likeness (QED) is 0.854. The SMILES string of the molecule is COc1ccc(O)c(CN(CC(=O)O)C(C)(C)C)c1. The molecule has 5 nitrogen and oxygen atoms in total. The number of ether oxygens (including phenoxy) is 1. The van der Waals surface area contributed by atoms with Crippen molar-refractivity contribution in [1.29, 1.82) is 0 Å². The number of methoxy groups -OCH3 is 1. The molecule has 0 fully saturated rings. The maximum absolute atomic E-state index is 10.9. The van der Waals surface area contributed by atoms with E-state index in [1.54, 1.807) is 30.2 Å². The van der Waals surface area contributed by atoms with Gasteiger partial charge in [0, 0.05) is 17.6 Å². The summed E-state index contributed by atoms with van der Waals surface area (Å²) < 4.78 is 5.11. The average molecular weight is 267 g/mol. The molecule has 1 rings (SSSR count). The molecule has 0 spiro atoms. The number of hydrogen-bond donors (Lipinski definition) is 2. The summed E-state index contributed by atoms with van der Waals surface area (Å²) in [5.74, 6) is -0.116. The van der Waals surface area contributed by atoms with Crippen molar-refractivity contribution in [2.45, 2.75) is 32.9 Å². The van der Waals surface area contributed by atoms with E-state index in [1.165, 1.54) is 0 Å². The minimum Gasteiger partial charge on any atom is -0.508 e. The third kappa shape index (κ3) is 4.44. The van der Waals surface area contributed by atoms with E-state index in [0.29, 0.717) is 17.9 Å². The number of carboxylic acid groups (broad SMARTS) is 1. The van der Waals surface area contributed by atoms with Crippen LogP contribution >= 0.6 is 0 Å². The van der Waals surface area contributed by atoms with Crippen LogP contribution in [0.3, 0.4) is 0 Å². The average Bonchev–Trinajstić information content (AvgIpc) is 2.29. The molecule has 0 heterocycles. The molecule has 0 aromatic heterocycles. The van der Waals surface area contributed by atoms with E-state index in [-0.39, 0.29) is 17.8 Å². The standard InChI is InChI=1S/C14H21NO4/c1-14(2,3)15(9-13(17)18)8-10-7-11(19-4)5-6-12(10)16/h5-7,16H,8-9H2,1-4H3,(H,17,18). The summed E-state index contributed by atoms with van der Waals surface area (Å²) in [5.41, 5.74) is 0.337.